The molecule has 14 heteroatoms. The van der Waals surface area contributed by atoms with Gasteiger partial charge in [0.2, 0.25) is 0 Å². The van der Waals surface area contributed by atoms with Gasteiger partial charge in [-0.15, -0.1) is 11.3 Å². The van der Waals surface area contributed by atoms with Gasteiger partial charge in [-0.3, -0.25) is 14.5 Å². The molecule has 186 valence electrons. The average molecular weight is 531 g/mol. The van der Waals surface area contributed by atoms with Crippen LogP contribution in [-0.2, 0) is 11.3 Å². The Morgan fingerprint density at radius 1 is 0.912 bits per heavy atom. The second-order valence-corrected chi connectivity index (χ2v) is 8.51. The molecule has 1 amide bonds. The summed E-state index contributed by atoms with van der Waals surface area (Å²) in [5.41, 5.74) is 1.08. The van der Waals surface area contributed by atoms with Gasteiger partial charge < -0.3 is 10.0 Å². The molecule has 6 nitrogen and oxygen atoms in total. The number of aliphatic carboxylic acids is 1. The van der Waals surface area contributed by atoms with Crippen molar-refractivity contribution in [3.63, 3.8) is 0 Å². The van der Waals surface area contributed by atoms with E-state index in [-0.39, 0.29) is 10.8 Å². The Kier molecular flexibility index (Phi) is 9.08. The number of benzene rings is 1. The number of Topliss-reactive ketones (excluding diaryl/α,β-unsaturated/α-hetero) is 1. The highest BCUT2D eigenvalue weighted by atomic mass is 35.5. The Bertz CT molecular complexity index is 1030. The Labute approximate surface area is 198 Å². The van der Waals surface area contributed by atoms with E-state index in [1.165, 1.54) is 6.07 Å². The molecule has 0 atom stereocenters. The van der Waals surface area contributed by atoms with Gasteiger partial charge in [-0.1, -0.05) is 23.7 Å². The van der Waals surface area contributed by atoms with Gasteiger partial charge in [0, 0.05) is 37.7 Å². The molecule has 1 saturated heterocycles. The van der Waals surface area contributed by atoms with Crippen LogP contribution in [0.1, 0.15) is 24.9 Å². The molecule has 0 radical (unpaired) electrons. The number of thiophene rings is 1. The third-order valence-corrected chi connectivity index (χ3v) is 5.80. The molecule has 1 aromatic heterocycles. The molecule has 0 aliphatic carbocycles. The first-order valence-corrected chi connectivity index (χ1v) is 10.7. The van der Waals surface area contributed by atoms with Crippen molar-refractivity contribution in [3.8, 4) is 0 Å². The highest BCUT2D eigenvalue weighted by Gasteiger charge is 2.40. The lowest BCUT2D eigenvalue weighted by molar-refractivity contribution is -0.192. The summed E-state index contributed by atoms with van der Waals surface area (Å²) in [7, 11) is 0. The summed E-state index contributed by atoms with van der Waals surface area (Å²) < 4.78 is 69.2. The first-order chi connectivity index (χ1) is 15.7. The van der Waals surface area contributed by atoms with Gasteiger partial charge in [-0.25, -0.2) is 4.79 Å². The third kappa shape index (κ3) is 7.99. The number of hydrogen-bond acceptors (Lipinski definition) is 5. The molecule has 1 fully saturated rings. The van der Waals surface area contributed by atoms with Crippen molar-refractivity contribution in [2.45, 2.75) is 18.9 Å². The van der Waals surface area contributed by atoms with Crippen LogP contribution in [0.25, 0.3) is 0 Å². The molecule has 1 aliphatic heterocycles. The molecule has 2 aromatic rings. The largest absolute Gasteiger partial charge is 0.490 e. The molecule has 0 saturated carbocycles. The molecule has 0 spiro atoms. The predicted molar refractivity (Wildman–Crippen MR) is 111 cm³/mol. The minimum absolute atomic E-state index is 0.144. The number of carboxylic acid groups (broad SMARTS) is 1. The van der Waals surface area contributed by atoms with Gasteiger partial charge in [0.15, 0.2) is 0 Å². The van der Waals surface area contributed by atoms with E-state index in [0.29, 0.717) is 49.1 Å². The number of halogens is 7. The number of carboxylic acids is 1. The number of rotatable bonds is 4. The van der Waals surface area contributed by atoms with Crippen LogP contribution >= 0.6 is 22.9 Å². The molecule has 0 bridgehead atoms. The number of carbonyl (C=O) groups is 3. The SMILES string of the molecule is O=C(O)C(F)(F)F.O=C(c1ccc(C(=O)C(F)(F)F)s1)N1CCN(Cc2cccc(Cl)c2)CC1. The van der Waals surface area contributed by atoms with Crippen LogP contribution in [-0.4, -0.2) is 71.1 Å². The van der Waals surface area contributed by atoms with Crippen LogP contribution in [0.15, 0.2) is 36.4 Å². The van der Waals surface area contributed by atoms with Crippen LogP contribution in [0, 0.1) is 0 Å². The van der Waals surface area contributed by atoms with Crippen molar-refractivity contribution in [1.82, 2.24) is 9.80 Å². The van der Waals surface area contributed by atoms with Crippen molar-refractivity contribution >= 4 is 40.6 Å². The van der Waals surface area contributed by atoms with Gasteiger partial charge in [-0.05, 0) is 29.8 Å². The third-order valence-electron chi connectivity index (χ3n) is 4.50. The van der Waals surface area contributed by atoms with Gasteiger partial charge in [0.05, 0.1) is 9.75 Å². The highest BCUT2D eigenvalue weighted by molar-refractivity contribution is 7.16. The smallest absolute Gasteiger partial charge is 0.475 e. The van der Waals surface area contributed by atoms with Crippen LogP contribution in [0.4, 0.5) is 26.3 Å². The monoisotopic (exact) mass is 530 g/mol. The summed E-state index contributed by atoms with van der Waals surface area (Å²) in [4.78, 5) is 36.1. The maximum Gasteiger partial charge on any atom is 0.490 e. The molecule has 1 aliphatic rings. The Hall–Kier alpha value is -2.64. The predicted octanol–water partition coefficient (Wildman–Crippen LogP) is 4.74. The van der Waals surface area contributed by atoms with Crippen molar-refractivity contribution < 1.29 is 45.8 Å². The molecule has 2 heterocycles. The second-order valence-electron chi connectivity index (χ2n) is 6.99. The summed E-state index contributed by atoms with van der Waals surface area (Å²) in [6.45, 7) is 2.96. The maximum atomic E-state index is 12.5. The second kappa shape index (κ2) is 11.2. The van der Waals surface area contributed by atoms with Crippen molar-refractivity contribution in [2.24, 2.45) is 0 Å². The summed E-state index contributed by atoms with van der Waals surface area (Å²) in [6, 6.07) is 9.90. The zero-order chi connectivity index (χ0) is 25.7. The van der Waals surface area contributed by atoms with E-state index in [4.69, 9.17) is 21.5 Å². The lowest BCUT2D eigenvalue weighted by atomic mass is 10.2. The lowest BCUT2D eigenvalue weighted by Gasteiger charge is -2.34. The molecule has 0 unspecified atom stereocenters. The zero-order valence-corrected chi connectivity index (χ0v) is 18.7. The van der Waals surface area contributed by atoms with E-state index in [0.717, 1.165) is 11.6 Å². The summed E-state index contributed by atoms with van der Waals surface area (Å²) in [6.07, 6.45) is -10.0. The fourth-order valence-electron chi connectivity index (χ4n) is 2.87. The lowest BCUT2D eigenvalue weighted by Crippen LogP contribution is -2.48. The number of ketones is 1. The first kappa shape index (κ1) is 27.6. The average Bonchev–Trinajstić information content (AvgIpc) is 3.22. The summed E-state index contributed by atoms with van der Waals surface area (Å²) in [5, 5.41) is 7.79. The Morgan fingerprint density at radius 3 is 1.97 bits per heavy atom. The number of nitrogens with zero attached hydrogens (tertiary/aromatic N) is 2. The van der Waals surface area contributed by atoms with E-state index in [9.17, 15) is 35.9 Å². The van der Waals surface area contributed by atoms with Crippen LogP contribution in [0.2, 0.25) is 5.02 Å². The Balaban J connectivity index is 0.000000509. The van der Waals surface area contributed by atoms with E-state index >= 15 is 0 Å². The van der Waals surface area contributed by atoms with Crippen molar-refractivity contribution in [1.29, 1.82) is 0 Å². The molecular formula is C20H17ClF6N2O4S. The van der Waals surface area contributed by atoms with Crippen molar-refractivity contribution in [2.75, 3.05) is 26.2 Å². The number of hydrogen-bond donors (Lipinski definition) is 1. The van der Waals surface area contributed by atoms with Gasteiger partial charge in [0.1, 0.15) is 0 Å². The minimum Gasteiger partial charge on any atom is -0.475 e. The van der Waals surface area contributed by atoms with E-state index in [2.05, 4.69) is 4.90 Å². The Morgan fingerprint density at radius 2 is 1.47 bits per heavy atom. The van der Waals surface area contributed by atoms with Crippen LogP contribution < -0.4 is 0 Å². The highest BCUT2D eigenvalue weighted by Crippen LogP contribution is 2.27. The van der Waals surface area contributed by atoms with Crippen LogP contribution in [0.3, 0.4) is 0 Å². The number of piperazine rings is 1. The zero-order valence-electron chi connectivity index (χ0n) is 17.1. The molecule has 1 aromatic carbocycles. The molecule has 34 heavy (non-hydrogen) atoms. The fraction of sp³-hybridized carbons (Fsp3) is 0.350. The molecule has 3 rings (SSSR count). The van der Waals surface area contributed by atoms with E-state index in [1.54, 1.807) is 11.0 Å². The maximum absolute atomic E-state index is 12.5. The quantitative estimate of drug-likeness (QED) is 0.456. The van der Waals surface area contributed by atoms with Gasteiger partial charge >= 0.3 is 18.3 Å². The van der Waals surface area contributed by atoms with E-state index < -0.39 is 29.0 Å². The number of amides is 1. The van der Waals surface area contributed by atoms with Crippen molar-refractivity contribution in [3.05, 3.63) is 56.7 Å². The van der Waals surface area contributed by atoms with Gasteiger partial charge in [-0.2, -0.15) is 26.3 Å². The topological polar surface area (TPSA) is 77.9 Å². The normalized spacial score (nSPS) is 14.9. The van der Waals surface area contributed by atoms with E-state index in [1.807, 2.05) is 18.2 Å². The molecular weight excluding hydrogens is 514 g/mol. The van der Waals surface area contributed by atoms with Crippen LogP contribution in [0.5, 0.6) is 0 Å². The first-order valence-electron chi connectivity index (χ1n) is 9.46. The summed E-state index contributed by atoms with van der Waals surface area (Å²) >= 11 is 6.57. The van der Waals surface area contributed by atoms with Gasteiger partial charge in [0.25, 0.3) is 11.7 Å². The fourth-order valence-corrected chi connectivity index (χ4v) is 4.02. The minimum atomic E-state index is -5.08. The number of alkyl halides is 6. The number of carbonyl (C=O) groups excluding carboxylic acids is 2. The summed E-state index contributed by atoms with van der Waals surface area (Å²) in [5.74, 6) is -5.02. The standard InChI is InChI=1S/C18H16ClF3N2O2S.C2HF3O2/c19-13-3-1-2-12(10-13)11-23-6-8-24(9-7-23)17(26)15-5-4-14(27-15)16(25)18(20,21)22;3-2(4,5)1(6)7/h1-5,10H,6-9,11H2;(H,6,7). The molecule has 1 N–H and O–H groups in total.